The number of benzene rings is 1. The number of rotatable bonds is 4. The number of ether oxygens (including phenoxy) is 1. The molecule has 1 atom stereocenters. The first-order chi connectivity index (χ1) is 8.74. The Bertz CT molecular complexity index is 403. The third-order valence-corrected chi connectivity index (χ3v) is 3.42. The number of nitrogens with two attached hydrogens (primary N) is 1. The van der Waals surface area contributed by atoms with Crippen LogP contribution < -0.4 is 5.73 Å². The quantitative estimate of drug-likeness (QED) is 0.872. The molecular formula is C14H20N2O2. The molecule has 1 aromatic rings. The van der Waals surface area contributed by atoms with Crippen LogP contribution in [0, 0.1) is 5.92 Å². The fourth-order valence-electron chi connectivity index (χ4n) is 2.30. The van der Waals surface area contributed by atoms with Gasteiger partial charge in [0, 0.05) is 25.8 Å². The van der Waals surface area contributed by atoms with E-state index in [0.717, 1.165) is 30.6 Å². The fraction of sp³-hybridized carbons (Fsp3) is 0.500. The summed E-state index contributed by atoms with van der Waals surface area (Å²) in [6.45, 7) is 2.85. The number of carbonyl (C=O) groups excluding carboxylic acids is 1. The van der Waals surface area contributed by atoms with Crippen LogP contribution in [0.15, 0.2) is 24.3 Å². The van der Waals surface area contributed by atoms with Crippen molar-refractivity contribution < 1.29 is 9.53 Å². The van der Waals surface area contributed by atoms with Gasteiger partial charge in [-0.3, -0.25) is 4.79 Å². The van der Waals surface area contributed by atoms with Crippen molar-refractivity contribution in [3.05, 3.63) is 35.4 Å². The Morgan fingerprint density at radius 1 is 1.44 bits per heavy atom. The Balaban J connectivity index is 2.00. The number of nitrogens with zero attached hydrogens (tertiary/aromatic N) is 1. The SMILES string of the molecule is COCc1ccc(C(=O)N2CC[C@@H](CN)C2)cc1. The first-order valence-electron chi connectivity index (χ1n) is 6.32. The van der Waals surface area contributed by atoms with Crippen LogP contribution in [0.4, 0.5) is 0 Å². The second-order valence-electron chi connectivity index (χ2n) is 4.77. The van der Waals surface area contributed by atoms with E-state index in [1.165, 1.54) is 0 Å². The summed E-state index contributed by atoms with van der Waals surface area (Å²) in [5.74, 6) is 0.566. The third-order valence-electron chi connectivity index (χ3n) is 3.42. The fourth-order valence-corrected chi connectivity index (χ4v) is 2.30. The lowest BCUT2D eigenvalue weighted by Crippen LogP contribution is -2.29. The minimum atomic E-state index is 0.106. The highest BCUT2D eigenvalue weighted by Gasteiger charge is 2.25. The molecule has 1 saturated heterocycles. The molecule has 4 heteroatoms. The van der Waals surface area contributed by atoms with E-state index in [1.807, 2.05) is 29.2 Å². The van der Waals surface area contributed by atoms with Crippen molar-refractivity contribution in [2.24, 2.45) is 11.7 Å². The first-order valence-corrected chi connectivity index (χ1v) is 6.32. The Morgan fingerprint density at radius 3 is 2.72 bits per heavy atom. The minimum absolute atomic E-state index is 0.106. The molecule has 1 amide bonds. The number of likely N-dealkylation sites (tertiary alicyclic amines) is 1. The van der Waals surface area contributed by atoms with Crippen molar-refractivity contribution in [1.82, 2.24) is 4.90 Å². The zero-order valence-corrected chi connectivity index (χ0v) is 10.8. The zero-order valence-electron chi connectivity index (χ0n) is 10.8. The summed E-state index contributed by atoms with van der Waals surface area (Å²) in [7, 11) is 1.66. The van der Waals surface area contributed by atoms with Gasteiger partial charge in [-0.2, -0.15) is 0 Å². The van der Waals surface area contributed by atoms with E-state index in [-0.39, 0.29) is 5.91 Å². The summed E-state index contributed by atoms with van der Waals surface area (Å²) in [5, 5.41) is 0. The van der Waals surface area contributed by atoms with Crippen LogP contribution in [-0.4, -0.2) is 37.6 Å². The Kier molecular flexibility index (Phi) is 4.33. The predicted molar refractivity (Wildman–Crippen MR) is 70.2 cm³/mol. The van der Waals surface area contributed by atoms with E-state index < -0.39 is 0 Å². The molecule has 1 heterocycles. The van der Waals surface area contributed by atoms with Gasteiger partial charge in [-0.15, -0.1) is 0 Å². The summed E-state index contributed by atoms with van der Waals surface area (Å²) in [6, 6.07) is 7.61. The molecule has 1 aromatic carbocycles. The molecule has 0 radical (unpaired) electrons. The van der Waals surface area contributed by atoms with Crippen molar-refractivity contribution >= 4 is 5.91 Å². The monoisotopic (exact) mass is 248 g/mol. The van der Waals surface area contributed by atoms with E-state index in [1.54, 1.807) is 7.11 Å². The van der Waals surface area contributed by atoms with Crippen LogP contribution >= 0.6 is 0 Å². The summed E-state index contributed by atoms with van der Waals surface area (Å²) in [4.78, 5) is 14.1. The molecule has 0 aliphatic carbocycles. The van der Waals surface area contributed by atoms with Gasteiger partial charge in [0.05, 0.1) is 6.61 Å². The molecule has 0 bridgehead atoms. The number of hydrogen-bond acceptors (Lipinski definition) is 3. The highest BCUT2D eigenvalue weighted by Crippen LogP contribution is 2.18. The number of methoxy groups -OCH3 is 1. The van der Waals surface area contributed by atoms with Crippen molar-refractivity contribution in [1.29, 1.82) is 0 Å². The first kappa shape index (κ1) is 13.1. The van der Waals surface area contributed by atoms with E-state index in [2.05, 4.69) is 0 Å². The van der Waals surface area contributed by atoms with Crippen LogP contribution in [0.5, 0.6) is 0 Å². The second kappa shape index (κ2) is 5.98. The Hall–Kier alpha value is -1.39. The van der Waals surface area contributed by atoms with Gasteiger partial charge < -0.3 is 15.4 Å². The Morgan fingerprint density at radius 2 is 2.17 bits per heavy atom. The van der Waals surface area contributed by atoms with E-state index in [9.17, 15) is 4.79 Å². The van der Waals surface area contributed by atoms with Gasteiger partial charge in [-0.05, 0) is 36.6 Å². The van der Waals surface area contributed by atoms with Gasteiger partial charge in [0.25, 0.3) is 5.91 Å². The predicted octanol–water partition coefficient (Wildman–Crippen LogP) is 1.25. The topological polar surface area (TPSA) is 55.6 Å². The average molecular weight is 248 g/mol. The van der Waals surface area contributed by atoms with Crippen molar-refractivity contribution in [3.8, 4) is 0 Å². The molecule has 1 aliphatic heterocycles. The summed E-state index contributed by atoms with van der Waals surface area (Å²) in [6.07, 6.45) is 1.02. The molecule has 0 unspecified atom stereocenters. The van der Waals surface area contributed by atoms with E-state index >= 15 is 0 Å². The lowest BCUT2D eigenvalue weighted by atomic mass is 10.1. The van der Waals surface area contributed by atoms with Crippen LogP contribution in [0.25, 0.3) is 0 Å². The number of carbonyl (C=O) groups is 1. The normalized spacial score (nSPS) is 19.2. The third kappa shape index (κ3) is 2.89. The molecule has 0 spiro atoms. The summed E-state index contributed by atoms with van der Waals surface area (Å²) >= 11 is 0. The zero-order chi connectivity index (χ0) is 13.0. The Labute approximate surface area is 108 Å². The van der Waals surface area contributed by atoms with E-state index in [0.29, 0.717) is 19.1 Å². The van der Waals surface area contributed by atoms with E-state index in [4.69, 9.17) is 10.5 Å². The van der Waals surface area contributed by atoms with Gasteiger partial charge in [0.15, 0.2) is 0 Å². The lowest BCUT2D eigenvalue weighted by molar-refractivity contribution is 0.0787. The maximum absolute atomic E-state index is 12.2. The molecule has 1 fully saturated rings. The minimum Gasteiger partial charge on any atom is -0.380 e. The van der Waals surface area contributed by atoms with Crippen molar-refractivity contribution in [3.63, 3.8) is 0 Å². The van der Waals surface area contributed by atoms with Crippen molar-refractivity contribution in [2.75, 3.05) is 26.7 Å². The van der Waals surface area contributed by atoms with Crippen LogP contribution in [0.1, 0.15) is 22.3 Å². The van der Waals surface area contributed by atoms with Crippen molar-refractivity contribution in [2.45, 2.75) is 13.0 Å². The molecule has 2 rings (SSSR count). The smallest absolute Gasteiger partial charge is 0.253 e. The molecule has 1 aliphatic rings. The van der Waals surface area contributed by atoms with Crippen LogP contribution in [0.3, 0.4) is 0 Å². The molecule has 98 valence electrons. The van der Waals surface area contributed by atoms with Gasteiger partial charge >= 0.3 is 0 Å². The maximum atomic E-state index is 12.2. The van der Waals surface area contributed by atoms with Crippen LogP contribution in [-0.2, 0) is 11.3 Å². The largest absolute Gasteiger partial charge is 0.380 e. The maximum Gasteiger partial charge on any atom is 0.253 e. The van der Waals surface area contributed by atoms with Gasteiger partial charge in [0.2, 0.25) is 0 Å². The number of hydrogen-bond donors (Lipinski definition) is 1. The highest BCUT2D eigenvalue weighted by molar-refractivity contribution is 5.94. The number of amides is 1. The molecule has 4 nitrogen and oxygen atoms in total. The van der Waals surface area contributed by atoms with Crippen LogP contribution in [0.2, 0.25) is 0 Å². The molecule has 0 aromatic heterocycles. The summed E-state index contributed by atoms with van der Waals surface area (Å²) < 4.78 is 5.05. The standard InChI is InChI=1S/C14H20N2O2/c1-18-10-11-2-4-13(5-3-11)14(17)16-7-6-12(8-15)9-16/h2-5,12H,6-10,15H2,1H3/t12-/m0/s1. The molecule has 18 heavy (non-hydrogen) atoms. The van der Waals surface area contributed by atoms with Gasteiger partial charge in [-0.25, -0.2) is 0 Å². The summed E-state index contributed by atoms with van der Waals surface area (Å²) in [5.41, 5.74) is 7.46. The second-order valence-corrected chi connectivity index (χ2v) is 4.77. The molecular weight excluding hydrogens is 228 g/mol. The average Bonchev–Trinajstić information content (AvgIpc) is 2.88. The van der Waals surface area contributed by atoms with Gasteiger partial charge in [0.1, 0.15) is 0 Å². The molecule has 2 N–H and O–H groups in total. The highest BCUT2D eigenvalue weighted by atomic mass is 16.5. The molecule has 0 saturated carbocycles. The van der Waals surface area contributed by atoms with Gasteiger partial charge in [-0.1, -0.05) is 12.1 Å². The lowest BCUT2D eigenvalue weighted by Gasteiger charge is -2.16.